The van der Waals surface area contributed by atoms with Crippen LogP contribution in [-0.2, 0) is 4.74 Å². The molecule has 1 aromatic rings. The lowest BCUT2D eigenvalue weighted by Crippen LogP contribution is -2.48. The average Bonchev–Trinajstić information content (AvgIpc) is 2.30. The van der Waals surface area contributed by atoms with Crippen LogP contribution in [0.2, 0.25) is 0 Å². The number of hydrogen-bond acceptors (Lipinski definition) is 3. The molecule has 1 aliphatic rings. The molecule has 20 heavy (non-hydrogen) atoms. The molecule has 3 nitrogen and oxygen atoms in total. The largest absolute Gasteiger partial charge is 0.387 e. The molecule has 0 aromatic heterocycles. The van der Waals surface area contributed by atoms with Gasteiger partial charge in [-0.2, -0.15) is 0 Å². The fourth-order valence-corrected chi connectivity index (χ4v) is 2.68. The van der Waals surface area contributed by atoms with E-state index in [-0.39, 0.29) is 5.60 Å². The molecular formula is C17H27NO2. The second-order valence-corrected chi connectivity index (χ2v) is 6.80. The number of aryl methyl sites for hydroxylation is 1. The summed E-state index contributed by atoms with van der Waals surface area (Å²) in [7, 11) is 0. The molecule has 1 fully saturated rings. The van der Waals surface area contributed by atoms with Gasteiger partial charge in [-0.25, -0.2) is 0 Å². The number of benzene rings is 1. The first kappa shape index (κ1) is 15.5. The number of aliphatic hydroxyl groups excluding tert-OH is 1. The highest BCUT2D eigenvalue weighted by Gasteiger charge is 2.32. The zero-order valence-corrected chi connectivity index (χ0v) is 13.0. The van der Waals surface area contributed by atoms with Crippen molar-refractivity contribution in [3.8, 4) is 0 Å². The van der Waals surface area contributed by atoms with E-state index in [1.807, 2.05) is 31.2 Å². The van der Waals surface area contributed by atoms with Crippen molar-refractivity contribution in [1.82, 2.24) is 5.32 Å². The van der Waals surface area contributed by atoms with Gasteiger partial charge in [0.25, 0.3) is 0 Å². The smallest absolute Gasteiger partial charge is 0.0917 e. The Labute approximate surface area is 122 Å². The van der Waals surface area contributed by atoms with E-state index < -0.39 is 6.10 Å². The molecule has 2 N–H and O–H groups in total. The Morgan fingerprint density at radius 2 is 1.95 bits per heavy atom. The van der Waals surface area contributed by atoms with E-state index in [4.69, 9.17) is 4.74 Å². The van der Waals surface area contributed by atoms with Gasteiger partial charge in [0.1, 0.15) is 0 Å². The van der Waals surface area contributed by atoms with Crippen molar-refractivity contribution >= 4 is 0 Å². The Morgan fingerprint density at radius 1 is 1.30 bits per heavy atom. The summed E-state index contributed by atoms with van der Waals surface area (Å²) in [6.07, 6.45) is 2.01. The maximum Gasteiger partial charge on any atom is 0.0917 e. The maximum absolute atomic E-state index is 10.2. The molecule has 112 valence electrons. The molecule has 1 unspecified atom stereocenters. The molecular weight excluding hydrogens is 250 g/mol. The molecule has 1 aliphatic carbocycles. The lowest BCUT2D eigenvalue weighted by molar-refractivity contribution is -0.103. The Bertz CT molecular complexity index is 433. The molecule has 0 radical (unpaired) electrons. The van der Waals surface area contributed by atoms with Crippen molar-refractivity contribution in [1.29, 1.82) is 0 Å². The van der Waals surface area contributed by atoms with Gasteiger partial charge in [-0.3, -0.25) is 0 Å². The lowest BCUT2D eigenvalue weighted by atomic mass is 9.88. The minimum Gasteiger partial charge on any atom is -0.387 e. The molecule has 0 bridgehead atoms. The predicted molar refractivity (Wildman–Crippen MR) is 81.8 cm³/mol. The number of aliphatic hydroxyl groups is 1. The molecule has 1 aromatic carbocycles. The average molecular weight is 277 g/mol. The van der Waals surface area contributed by atoms with Crippen molar-refractivity contribution in [2.75, 3.05) is 6.54 Å². The van der Waals surface area contributed by atoms with E-state index >= 15 is 0 Å². The zero-order valence-electron chi connectivity index (χ0n) is 13.0. The quantitative estimate of drug-likeness (QED) is 0.869. The summed E-state index contributed by atoms with van der Waals surface area (Å²) in [5.41, 5.74) is 2.10. The molecule has 0 spiro atoms. The number of ether oxygens (including phenoxy) is 1. The number of rotatable bonds is 5. The maximum atomic E-state index is 10.2. The van der Waals surface area contributed by atoms with E-state index in [9.17, 15) is 5.11 Å². The first-order chi connectivity index (χ1) is 9.35. The summed E-state index contributed by atoms with van der Waals surface area (Å²) < 4.78 is 5.91. The highest BCUT2D eigenvalue weighted by molar-refractivity contribution is 5.27. The van der Waals surface area contributed by atoms with Gasteiger partial charge in [0.2, 0.25) is 0 Å². The number of hydrogen-bond donors (Lipinski definition) is 2. The van der Waals surface area contributed by atoms with Crippen LogP contribution in [0.25, 0.3) is 0 Å². The van der Waals surface area contributed by atoms with Gasteiger partial charge in [0.05, 0.1) is 17.8 Å². The summed E-state index contributed by atoms with van der Waals surface area (Å²) in [5, 5.41) is 13.7. The topological polar surface area (TPSA) is 41.5 Å². The molecule has 0 heterocycles. The Balaban J connectivity index is 1.71. The van der Waals surface area contributed by atoms with Crippen molar-refractivity contribution in [3.63, 3.8) is 0 Å². The van der Waals surface area contributed by atoms with Crippen molar-refractivity contribution in [2.45, 2.75) is 64.4 Å². The molecule has 1 saturated carbocycles. The summed E-state index contributed by atoms with van der Waals surface area (Å²) in [4.78, 5) is 0. The minimum atomic E-state index is -0.432. The molecule has 3 heteroatoms. The summed E-state index contributed by atoms with van der Waals surface area (Å²) in [5.74, 6) is 0. The molecule has 0 amide bonds. The third-order valence-electron chi connectivity index (χ3n) is 3.76. The van der Waals surface area contributed by atoms with Crippen LogP contribution in [0.4, 0.5) is 0 Å². The lowest BCUT2D eigenvalue weighted by Gasteiger charge is -2.40. The molecule has 1 atom stereocenters. The van der Waals surface area contributed by atoms with Crippen LogP contribution >= 0.6 is 0 Å². The Kier molecular flexibility index (Phi) is 4.84. The Hall–Kier alpha value is -0.900. The first-order valence-corrected chi connectivity index (χ1v) is 7.50. The van der Waals surface area contributed by atoms with Crippen LogP contribution < -0.4 is 5.32 Å². The van der Waals surface area contributed by atoms with Crippen molar-refractivity contribution in [2.24, 2.45) is 0 Å². The first-order valence-electron chi connectivity index (χ1n) is 7.50. The van der Waals surface area contributed by atoms with Gasteiger partial charge in [0, 0.05) is 12.6 Å². The fraction of sp³-hybridized carbons (Fsp3) is 0.647. The summed E-state index contributed by atoms with van der Waals surface area (Å²) in [6, 6.07) is 8.48. The molecule has 0 saturated heterocycles. The van der Waals surface area contributed by atoms with Crippen LogP contribution in [0.15, 0.2) is 24.3 Å². The highest BCUT2D eigenvalue weighted by atomic mass is 16.5. The molecule has 0 aliphatic heterocycles. The van der Waals surface area contributed by atoms with Crippen LogP contribution in [-0.4, -0.2) is 29.4 Å². The summed E-state index contributed by atoms with van der Waals surface area (Å²) in [6.45, 7) is 8.92. The van der Waals surface area contributed by atoms with E-state index in [1.54, 1.807) is 0 Å². The van der Waals surface area contributed by atoms with Gasteiger partial charge in [-0.15, -0.1) is 0 Å². The van der Waals surface area contributed by atoms with Gasteiger partial charge in [-0.05, 0) is 51.7 Å². The number of nitrogens with one attached hydrogen (secondary N) is 1. The van der Waals surface area contributed by atoms with Crippen LogP contribution in [0, 0.1) is 6.92 Å². The van der Waals surface area contributed by atoms with Gasteiger partial charge >= 0.3 is 0 Å². The Morgan fingerprint density at radius 3 is 2.55 bits per heavy atom. The second-order valence-electron chi connectivity index (χ2n) is 6.80. The summed E-state index contributed by atoms with van der Waals surface area (Å²) >= 11 is 0. The van der Waals surface area contributed by atoms with Crippen molar-refractivity contribution in [3.05, 3.63) is 35.4 Å². The fourth-order valence-electron chi connectivity index (χ4n) is 2.68. The monoisotopic (exact) mass is 277 g/mol. The molecule has 2 rings (SSSR count). The third kappa shape index (κ3) is 4.30. The normalized spacial score (nSPS) is 24.2. The third-order valence-corrected chi connectivity index (χ3v) is 3.76. The van der Waals surface area contributed by atoms with E-state index in [0.717, 1.165) is 24.0 Å². The predicted octanol–water partition coefficient (Wildman–Crippen LogP) is 2.96. The van der Waals surface area contributed by atoms with E-state index in [2.05, 4.69) is 26.1 Å². The SMILES string of the molecule is Cc1ccccc1C(O)CNC1CC(OC(C)(C)C)C1. The minimum absolute atomic E-state index is 0.0592. The van der Waals surface area contributed by atoms with Crippen LogP contribution in [0.1, 0.15) is 50.8 Å². The van der Waals surface area contributed by atoms with Gasteiger partial charge in [-0.1, -0.05) is 24.3 Å². The van der Waals surface area contributed by atoms with Crippen LogP contribution in [0.5, 0.6) is 0 Å². The van der Waals surface area contributed by atoms with Gasteiger partial charge < -0.3 is 15.2 Å². The van der Waals surface area contributed by atoms with Gasteiger partial charge in [0.15, 0.2) is 0 Å². The van der Waals surface area contributed by atoms with E-state index in [0.29, 0.717) is 18.7 Å². The zero-order chi connectivity index (χ0) is 14.8. The second kappa shape index (κ2) is 6.25. The van der Waals surface area contributed by atoms with E-state index in [1.165, 1.54) is 0 Å². The standard InChI is InChI=1S/C17H27NO2/c1-12-7-5-6-8-15(12)16(19)11-18-13-9-14(10-13)20-17(2,3)4/h5-8,13-14,16,18-19H,9-11H2,1-4H3. The van der Waals surface area contributed by atoms with Crippen molar-refractivity contribution < 1.29 is 9.84 Å². The highest BCUT2D eigenvalue weighted by Crippen LogP contribution is 2.28. The van der Waals surface area contributed by atoms with Crippen LogP contribution in [0.3, 0.4) is 0 Å².